The van der Waals surface area contributed by atoms with Crippen LogP contribution in [-0.4, -0.2) is 19.1 Å². The predicted octanol–water partition coefficient (Wildman–Crippen LogP) is 8.37. The zero-order valence-corrected chi connectivity index (χ0v) is 26.7. The second-order valence-corrected chi connectivity index (χ2v) is 12.8. The van der Waals surface area contributed by atoms with E-state index in [0.717, 1.165) is 0 Å². The minimum Gasteiger partial charge on any atom is -0.287 e. The molecule has 0 unspecified atom stereocenters. The van der Waals surface area contributed by atoms with Gasteiger partial charge in [-0.3, -0.25) is 18.7 Å². The molecule has 0 spiro atoms. The fraction of sp³-hybridized carbons (Fsp3) is 0.152. The summed E-state index contributed by atoms with van der Waals surface area (Å²) in [6, 6.07) is 22.7. The Balaban J connectivity index is 1.29. The van der Waals surface area contributed by atoms with Crippen LogP contribution in [-0.2, 0) is 24.6 Å². The quantitative estimate of drug-likeness (QED) is 0.107. The van der Waals surface area contributed by atoms with Gasteiger partial charge in [-0.15, -0.1) is 0 Å². The highest BCUT2D eigenvalue weighted by atomic mass is 35.5. The highest BCUT2D eigenvalue weighted by molar-refractivity contribution is 7.98. The van der Waals surface area contributed by atoms with Crippen LogP contribution in [0.1, 0.15) is 17.5 Å². The Morgan fingerprint density at radius 2 is 1.04 bits per heavy atom. The average Bonchev–Trinajstić information content (AvgIpc) is 3.02. The van der Waals surface area contributed by atoms with Crippen molar-refractivity contribution >= 4 is 68.5 Å². The Labute approximate surface area is 275 Å². The van der Waals surface area contributed by atoms with E-state index in [-0.39, 0.29) is 24.2 Å². The number of hydrogen-bond acceptors (Lipinski definition) is 6. The van der Waals surface area contributed by atoms with Gasteiger partial charge in [0, 0.05) is 34.6 Å². The molecule has 0 saturated heterocycles. The van der Waals surface area contributed by atoms with Crippen LogP contribution in [0.2, 0.25) is 10.0 Å². The van der Waals surface area contributed by atoms with Crippen LogP contribution in [0, 0.1) is 11.6 Å². The molecule has 4 aromatic carbocycles. The largest absolute Gasteiger partial charge is 0.287 e. The molecule has 0 aliphatic heterocycles. The smallest absolute Gasteiger partial charge is 0.262 e. The molecule has 6 rings (SSSR count). The summed E-state index contributed by atoms with van der Waals surface area (Å²) in [6.45, 7) is 0.562. The number of halogens is 4. The van der Waals surface area contributed by atoms with Crippen molar-refractivity contribution in [1.82, 2.24) is 19.1 Å². The van der Waals surface area contributed by atoms with Crippen molar-refractivity contribution in [3.8, 4) is 0 Å². The molecule has 0 fully saturated rings. The number of para-hydroxylation sites is 2. The van der Waals surface area contributed by atoms with E-state index in [1.807, 2.05) is 12.1 Å². The summed E-state index contributed by atoms with van der Waals surface area (Å²) in [5, 5.41) is 2.55. The molecule has 0 aliphatic carbocycles. The molecule has 6 aromatic rings. The highest BCUT2D eigenvalue weighted by Crippen LogP contribution is 2.29. The van der Waals surface area contributed by atoms with Crippen molar-refractivity contribution in [2.75, 3.05) is 0 Å². The predicted molar refractivity (Wildman–Crippen MR) is 179 cm³/mol. The monoisotopic (exact) mass is 680 g/mol. The summed E-state index contributed by atoms with van der Waals surface area (Å²) in [5.41, 5.74) is 2.18. The van der Waals surface area contributed by atoms with Crippen LogP contribution in [0.25, 0.3) is 21.8 Å². The van der Waals surface area contributed by atoms with E-state index >= 15 is 0 Å². The molecular weight excluding hydrogens is 657 g/mol. The lowest BCUT2D eigenvalue weighted by Gasteiger charge is -2.16. The fourth-order valence-electron chi connectivity index (χ4n) is 4.86. The molecule has 0 saturated carbocycles. The zero-order chi connectivity index (χ0) is 31.5. The Kier molecular flexibility index (Phi) is 9.56. The third-order valence-electron chi connectivity index (χ3n) is 7.16. The zero-order valence-electron chi connectivity index (χ0n) is 23.6. The minimum absolute atomic E-state index is 0.196. The highest BCUT2D eigenvalue weighted by Gasteiger charge is 2.16. The summed E-state index contributed by atoms with van der Waals surface area (Å²) >= 11 is 15.2. The van der Waals surface area contributed by atoms with Crippen molar-refractivity contribution in [3.05, 3.63) is 138 Å². The normalized spacial score (nSPS) is 11.5. The van der Waals surface area contributed by atoms with E-state index < -0.39 is 11.6 Å². The Morgan fingerprint density at radius 3 is 1.47 bits per heavy atom. The van der Waals surface area contributed by atoms with E-state index in [9.17, 15) is 18.4 Å². The molecule has 2 heterocycles. The van der Waals surface area contributed by atoms with Crippen molar-refractivity contribution in [2.24, 2.45) is 0 Å². The van der Waals surface area contributed by atoms with E-state index in [1.165, 1.54) is 47.8 Å². The Hall–Kier alpha value is -3.70. The number of thioether (sulfide) groups is 2. The van der Waals surface area contributed by atoms with E-state index in [2.05, 4.69) is 0 Å². The van der Waals surface area contributed by atoms with Crippen LogP contribution >= 0.6 is 46.7 Å². The standard InChI is InChI=1S/C33H24Cl2F2N4O2S2/c34-26-16-22(36)12-10-20(26)18-44-32-38-28-8-3-1-6-24(28)30(42)40(32)14-5-15-41-31(43)25-7-2-4-9-29(25)39-33(41)45-19-21-11-13-23(37)17-27(21)35/h1-4,6-13,16-17H,5,14-15,18-19H2. The van der Waals surface area contributed by atoms with Gasteiger partial charge in [-0.2, -0.15) is 0 Å². The van der Waals surface area contributed by atoms with Crippen molar-refractivity contribution in [1.29, 1.82) is 0 Å². The van der Waals surface area contributed by atoms with Gasteiger partial charge in [0.25, 0.3) is 11.1 Å². The minimum atomic E-state index is -0.425. The first kappa shape index (κ1) is 31.3. The molecule has 45 heavy (non-hydrogen) atoms. The van der Waals surface area contributed by atoms with Gasteiger partial charge in [-0.05, 0) is 66.1 Å². The third-order valence-corrected chi connectivity index (χ3v) is 9.91. The lowest BCUT2D eigenvalue weighted by atomic mass is 10.2. The molecule has 0 bridgehead atoms. The van der Waals surface area contributed by atoms with Gasteiger partial charge < -0.3 is 0 Å². The molecule has 228 valence electrons. The molecule has 0 N–H and O–H groups in total. The number of benzene rings is 4. The number of fused-ring (bicyclic) bond motifs is 2. The topological polar surface area (TPSA) is 69.8 Å². The SMILES string of the molecule is O=c1c2ccccc2nc(SCc2ccc(F)cc2Cl)n1CCCn1c(SCc2ccc(F)cc2Cl)nc2ccccc2c1=O. The second kappa shape index (κ2) is 13.7. The molecule has 12 heteroatoms. The number of rotatable bonds is 10. The second-order valence-electron chi connectivity index (χ2n) is 10.1. The number of hydrogen-bond donors (Lipinski definition) is 0. The lowest BCUT2D eigenvalue weighted by molar-refractivity contribution is 0.489. The lowest BCUT2D eigenvalue weighted by Crippen LogP contribution is -2.27. The fourth-order valence-corrected chi connectivity index (χ4v) is 7.54. The summed E-state index contributed by atoms with van der Waals surface area (Å²) in [5.74, 6) is -0.0903. The molecule has 0 aliphatic rings. The van der Waals surface area contributed by atoms with Gasteiger partial charge in [0.2, 0.25) is 0 Å². The Bertz CT molecular complexity index is 2020. The van der Waals surface area contributed by atoms with Crippen LogP contribution in [0.3, 0.4) is 0 Å². The van der Waals surface area contributed by atoms with E-state index in [1.54, 1.807) is 57.7 Å². The van der Waals surface area contributed by atoms with Crippen LogP contribution in [0.15, 0.2) is 105 Å². The van der Waals surface area contributed by atoms with Gasteiger partial charge in [-0.1, -0.05) is 83.1 Å². The van der Waals surface area contributed by atoms with Gasteiger partial charge in [0.05, 0.1) is 21.8 Å². The maximum absolute atomic E-state index is 13.6. The van der Waals surface area contributed by atoms with Crippen molar-refractivity contribution in [2.45, 2.75) is 41.3 Å². The van der Waals surface area contributed by atoms with Gasteiger partial charge >= 0.3 is 0 Å². The molecule has 6 nitrogen and oxygen atoms in total. The molecule has 0 amide bonds. The van der Waals surface area contributed by atoms with Crippen molar-refractivity contribution in [3.63, 3.8) is 0 Å². The maximum Gasteiger partial charge on any atom is 0.262 e. The molecule has 0 atom stereocenters. The summed E-state index contributed by atoms with van der Waals surface area (Å²) in [4.78, 5) is 36.8. The summed E-state index contributed by atoms with van der Waals surface area (Å²) < 4.78 is 30.4. The van der Waals surface area contributed by atoms with Crippen LogP contribution < -0.4 is 11.1 Å². The van der Waals surface area contributed by atoms with E-state index in [0.29, 0.717) is 71.2 Å². The maximum atomic E-state index is 13.6. The summed E-state index contributed by atoms with van der Waals surface area (Å²) in [6.07, 6.45) is 0.426. The van der Waals surface area contributed by atoms with Gasteiger partial charge in [0.1, 0.15) is 11.6 Å². The van der Waals surface area contributed by atoms with Crippen LogP contribution in [0.4, 0.5) is 8.78 Å². The first-order valence-corrected chi connectivity index (χ1v) is 16.6. The molecule has 2 aromatic heterocycles. The number of nitrogens with zero attached hydrogens (tertiary/aromatic N) is 4. The van der Waals surface area contributed by atoms with Crippen LogP contribution in [0.5, 0.6) is 0 Å². The Morgan fingerprint density at radius 1 is 0.622 bits per heavy atom. The van der Waals surface area contributed by atoms with Crippen molar-refractivity contribution < 1.29 is 8.78 Å². The first-order valence-electron chi connectivity index (χ1n) is 13.9. The first-order chi connectivity index (χ1) is 21.8. The van der Waals surface area contributed by atoms with E-state index in [4.69, 9.17) is 33.2 Å². The van der Waals surface area contributed by atoms with Gasteiger partial charge in [0.15, 0.2) is 10.3 Å². The third kappa shape index (κ3) is 6.94. The summed E-state index contributed by atoms with van der Waals surface area (Å²) in [7, 11) is 0. The average molecular weight is 682 g/mol. The van der Waals surface area contributed by atoms with Gasteiger partial charge in [-0.25, -0.2) is 18.7 Å². The molecular formula is C33H24Cl2F2N4O2S2. The molecule has 0 radical (unpaired) electrons. The number of aromatic nitrogens is 4.